The second-order valence-electron chi connectivity index (χ2n) is 13.7. The Morgan fingerprint density at radius 2 is 1.49 bits per heavy atom. The number of aromatic nitrogens is 1. The van der Waals surface area contributed by atoms with Gasteiger partial charge in [-0.2, -0.15) is 0 Å². The fourth-order valence-corrected chi connectivity index (χ4v) is 11.3. The number of aryl methyl sites for hydroxylation is 1. The van der Waals surface area contributed by atoms with Gasteiger partial charge < -0.3 is 0 Å². The zero-order valence-corrected chi connectivity index (χ0v) is 31.0. The van der Waals surface area contributed by atoms with Gasteiger partial charge in [-0.1, -0.05) is 121 Å². The predicted octanol–water partition coefficient (Wildman–Crippen LogP) is 13.7. The summed E-state index contributed by atoms with van der Waals surface area (Å²) in [6, 6.07) is 44.5. The van der Waals surface area contributed by atoms with Crippen LogP contribution < -0.4 is 0 Å². The molecule has 3 heterocycles. The number of hydrogen-bond donors (Lipinski definition) is 0. The Labute approximate surface area is 319 Å². The van der Waals surface area contributed by atoms with E-state index in [0.29, 0.717) is 0 Å². The van der Waals surface area contributed by atoms with Crippen LogP contribution in [0.1, 0.15) is 23.1 Å². The number of thiophene rings is 1. The van der Waals surface area contributed by atoms with Crippen LogP contribution in [0.5, 0.6) is 0 Å². The first-order valence-electron chi connectivity index (χ1n) is 17.8. The minimum atomic E-state index is 0.152. The molecule has 6 heteroatoms. The molecule has 7 aromatic carbocycles. The summed E-state index contributed by atoms with van der Waals surface area (Å²) < 4.78 is 4.92. The van der Waals surface area contributed by atoms with Crippen LogP contribution in [0, 0.1) is 0 Å². The molecule has 0 fully saturated rings. The Kier molecular flexibility index (Phi) is 7.06. The highest BCUT2D eigenvalue weighted by molar-refractivity contribution is 8.05. The fraction of sp³-hybridized carbons (Fsp3) is 0.0638. The third kappa shape index (κ3) is 4.48. The van der Waals surface area contributed by atoms with E-state index in [4.69, 9.17) is 21.6 Å². The van der Waals surface area contributed by atoms with Crippen molar-refractivity contribution in [1.29, 1.82) is 0 Å². The largest absolute Gasteiger partial charge is 0.292 e. The number of allylic oxidation sites excluding steroid dienone is 2. The van der Waals surface area contributed by atoms with Gasteiger partial charge in [0.1, 0.15) is 6.00 Å². The lowest BCUT2D eigenvalue weighted by Crippen LogP contribution is -2.05. The number of halogens is 1. The topological polar surface area (TPSA) is 29.6 Å². The number of fused-ring (bicyclic) bond motifs is 14. The summed E-state index contributed by atoms with van der Waals surface area (Å²) in [5.74, 6) is 0.761. The van der Waals surface area contributed by atoms with Crippen molar-refractivity contribution in [3.8, 4) is 11.1 Å². The van der Waals surface area contributed by atoms with Crippen LogP contribution >= 0.6 is 34.7 Å². The van der Waals surface area contributed by atoms with E-state index in [1.807, 2.05) is 11.3 Å². The van der Waals surface area contributed by atoms with Gasteiger partial charge in [-0.05, 0) is 82.2 Å². The Morgan fingerprint density at radius 3 is 2.34 bits per heavy atom. The monoisotopic (exact) mass is 735 g/mol. The normalized spacial score (nSPS) is 15.8. The third-order valence-corrected chi connectivity index (χ3v) is 13.4. The van der Waals surface area contributed by atoms with Gasteiger partial charge in [-0.3, -0.25) is 9.56 Å². The van der Waals surface area contributed by atoms with Crippen LogP contribution in [0.4, 0.5) is 0 Å². The quantitative estimate of drug-likeness (QED) is 0.101. The van der Waals surface area contributed by atoms with Crippen molar-refractivity contribution in [3.63, 3.8) is 0 Å². The molecule has 0 saturated carbocycles. The van der Waals surface area contributed by atoms with Crippen LogP contribution in [0.15, 0.2) is 147 Å². The van der Waals surface area contributed by atoms with Crippen LogP contribution in [0.2, 0.25) is 0 Å². The highest BCUT2D eigenvalue weighted by Gasteiger charge is 2.30. The Balaban J connectivity index is 1.34. The number of aliphatic imine (C=N–C) groups is 2. The molecule has 0 unspecified atom stereocenters. The zero-order valence-electron chi connectivity index (χ0n) is 28.6. The van der Waals surface area contributed by atoms with Gasteiger partial charge in [0.15, 0.2) is 5.82 Å². The van der Waals surface area contributed by atoms with Gasteiger partial charge >= 0.3 is 0 Å². The van der Waals surface area contributed by atoms with Gasteiger partial charge in [-0.25, -0.2) is 4.99 Å². The van der Waals surface area contributed by atoms with E-state index in [-0.39, 0.29) is 6.00 Å². The second-order valence-corrected chi connectivity index (χ2v) is 16.0. The highest BCUT2D eigenvalue weighted by atomic mass is 35.5. The van der Waals surface area contributed by atoms with Crippen molar-refractivity contribution in [2.24, 2.45) is 9.98 Å². The summed E-state index contributed by atoms with van der Waals surface area (Å²) in [5.41, 5.74) is 9.29. The van der Waals surface area contributed by atoms with Crippen molar-refractivity contribution in [3.05, 3.63) is 149 Å². The smallest absolute Gasteiger partial charge is 0.153 e. The molecule has 252 valence electrons. The lowest BCUT2D eigenvalue weighted by Gasteiger charge is -2.18. The molecule has 0 saturated heterocycles. The van der Waals surface area contributed by atoms with E-state index in [1.54, 1.807) is 11.8 Å². The SMILES string of the molecule is C=N/C(=C1/Sc2ccccc2C1=NCCl)n1c2cc(-c3cc4c(c5ccccc35)CCC=C4)ccc2c2c3ccccc3c3sc4ccccc4c3c21. The number of alkyl halides is 1. The minimum absolute atomic E-state index is 0.152. The molecule has 9 aromatic rings. The second kappa shape index (κ2) is 12.0. The lowest BCUT2D eigenvalue weighted by molar-refractivity contribution is 0.997. The number of thioether (sulfide) groups is 1. The number of benzene rings is 7. The number of hydrogen-bond acceptors (Lipinski definition) is 4. The molecule has 0 bridgehead atoms. The van der Waals surface area contributed by atoms with E-state index in [2.05, 4.69) is 145 Å². The van der Waals surface area contributed by atoms with E-state index >= 15 is 0 Å². The molecule has 1 aliphatic heterocycles. The summed E-state index contributed by atoms with van der Waals surface area (Å²) in [6.07, 6.45) is 6.73. The molecule has 0 radical (unpaired) electrons. The molecule has 2 aliphatic rings. The Hall–Kier alpha value is -5.46. The molecule has 2 aromatic heterocycles. The van der Waals surface area contributed by atoms with Crippen molar-refractivity contribution >= 4 is 123 Å². The van der Waals surface area contributed by atoms with Gasteiger partial charge in [-0.15, -0.1) is 22.9 Å². The standard InChI is InChI=1S/C47H30ClN3S2/c1-49-47(46-43(50-26-48)36-19-9-11-21-40(36)53-46)51-38-25-28(37-24-27-12-2-3-13-29(27)30-14-4-5-15-31(30)37)22-23-34(38)41-32-16-6-7-17-33(32)45-42(44(41)51)35-18-8-10-20-39(35)52-45/h2,4-12,14-25H,1,3,13,26H2/b47-46-,50-43?. The zero-order chi connectivity index (χ0) is 35.2. The Bertz CT molecular complexity index is 3160. The first-order valence-corrected chi connectivity index (χ1v) is 20.0. The summed E-state index contributed by atoms with van der Waals surface area (Å²) in [5, 5.41) is 9.98. The summed E-state index contributed by atoms with van der Waals surface area (Å²) >= 11 is 9.94. The molecular formula is C47H30ClN3S2. The third-order valence-electron chi connectivity index (χ3n) is 11.0. The highest BCUT2D eigenvalue weighted by Crippen LogP contribution is 2.51. The van der Waals surface area contributed by atoms with E-state index in [9.17, 15) is 0 Å². The van der Waals surface area contributed by atoms with Gasteiger partial charge in [0.2, 0.25) is 0 Å². The van der Waals surface area contributed by atoms with E-state index < -0.39 is 0 Å². The summed E-state index contributed by atoms with van der Waals surface area (Å²) in [6.45, 7) is 4.26. The molecule has 53 heavy (non-hydrogen) atoms. The number of rotatable bonds is 4. The average molecular weight is 736 g/mol. The number of nitrogens with zero attached hydrogens (tertiary/aromatic N) is 3. The molecule has 0 spiro atoms. The molecule has 11 rings (SSSR count). The van der Waals surface area contributed by atoms with Crippen molar-refractivity contribution < 1.29 is 0 Å². The lowest BCUT2D eigenvalue weighted by atomic mass is 9.87. The maximum atomic E-state index is 6.38. The first kappa shape index (κ1) is 31.1. The van der Waals surface area contributed by atoms with Gasteiger partial charge in [0, 0.05) is 46.8 Å². The van der Waals surface area contributed by atoms with Crippen molar-refractivity contribution in [1.82, 2.24) is 4.57 Å². The van der Waals surface area contributed by atoms with Crippen LogP contribution in [0.25, 0.3) is 86.5 Å². The van der Waals surface area contributed by atoms with Gasteiger partial charge in [0.25, 0.3) is 0 Å². The molecule has 0 amide bonds. The summed E-state index contributed by atoms with van der Waals surface area (Å²) in [4.78, 5) is 11.9. The summed E-state index contributed by atoms with van der Waals surface area (Å²) in [7, 11) is 0. The van der Waals surface area contributed by atoms with Crippen LogP contribution in [-0.2, 0) is 6.42 Å². The fourth-order valence-electron chi connectivity index (χ4n) is 8.76. The molecular weight excluding hydrogens is 706 g/mol. The molecule has 1 aliphatic carbocycles. The predicted molar refractivity (Wildman–Crippen MR) is 232 cm³/mol. The maximum Gasteiger partial charge on any atom is 0.153 e. The van der Waals surface area contributed by atoms with E-state index in [1.165, 1.54) is 74.7 Å². The first-order chi connectivity index (χ1) is 26.2. The molecule has 0 atom stereocenters. The van der Waals surface area contributed by atoms with Crippen molar-refractivity contribution in [2.75, 3.05) is 6.00 Å². The maximum absolute atomic E-state index is 6.38. The van der Waals surface area contributed by atoms with Crippen LogP contribution in [0.3, 0.4) is 0 Å². The van der Waals surface area contributed by atoms with E-state index in [0.717, 1.165) is 50.8 Å². The Morgan fingerprint density at radius 1 is 0.736 bits per heavy atom. The minimum Gasteiger partial charge on any atom is -0.292 e. The average Bonchev–Trinajstić information content (AvgIpc) is 3.88. The molecule has 3 nitrogen and oxygen atoms in total. The molecule has 0 N–H and O–H groups in total. The van der Waals surface area contributed by atoms with Crippen molar-refractivity contribution in [2.45, 2.75) is 17.7 Å². The van der Waals surface area contributed by atoms with Gasteiger partial charge in [0.05, 0.1) is 21.7 Å². The van der Waals surface area contributed by atoms with Crippen LogP contribution in [-0.4, -0.2) is 23.0 Å².